The maximum Gasteiger partial charge on any atom is 0.194 e. The molecule has 0 N–H and O–H groups in total. The van der Waals surface area contributed by atoms with Gasteiger partial charge in [-0.05, 0) is 31.0 Å². The van der Waals surface area contributed by atoms with E-state index in [-0.39, 0.29) is 5.78 Å². The molecule has 124 valence electrons. The number of fused-ring (bicyclic) bond motifs is 2. The Morgan fingerprint density at radius 2 is 1.56 bits per heavy atom. The number of hydrogen-bond acceptors (Lipinski definition) is 2. The van der Waals surface area contributed by atoms with Crippen LogP contribution in [0.15, 0.2) is 59.6 Å². The molecule has 0 aromatic heterocycles. The number of carbonyl (C=O) groups is 1. The molecular formula is C22H20N2O. The monoisotopic (exact) mass is 328 g/mol. The van der Waals surface area contributed by atoms with E-state index in [9.17, 15) is 4.79 Å². The molecule has 0 amide bonds. The summed E-state index contributed by atoms with van der Waals surface area (Å²) in [6.07, 6.45) is 1.89. The average molecular weight is 328 g/mol. The molecule has 0 saturated heterocycles. The fourth-order valence-electron chi connectivity index (χ4n) is 3.51. The van der Waals surface area contributed by atoms with E-state index >= 15 is 0 Å². The van der Waals surface area contributed by atoms with Crippen LogP contribution in [0.3, 0.4) is 0 Å². The van der Waals surface area contributed by atoms with Crippen LogP contribution in [0.25, 0.3) is 21.9 Å². The Bertz CT molecular complexity index is 1000. The summed E-state index contributed by atoms with van der Waals surface area (Å²) in [5, 5.41) is 2.04. The number of carbonyl (C=O) groups excluding carboxylic acids is 1. The first-order valence-electron chi connectivity index (χ1n) is 8.72. The number of benzene rings is 3. The average Bonchev–Trinajstić information content (AvgIpc) is 2.67. The van der Waals surface area contributed by atoms with Crippen LogP contribution in [0.1, 0.15) is 29.8 Å². The molecule has 4 rings (SSSR count). The van der Waals surface area contributed by atoms with Crippen molar-refractivity contribution in [2.24, 2.45) is 4.99 Å². The molecule has 25 heavy (non-hydrogen) atoms. The predicted molar refractivity (Wildman–Crippen MR) is 104 cm³/mol. The third-order valence-corrected chi connectivity index (χ3v) is 4.90. The van der Waals surface area contributed by atoms with Crippen LogP contribution >= 0.6 is 0 Å². The van der Waals surface area contributed by atoms with E-state index in [2.05, 4.69) is 35.9 Å². The van der Waals surface area contributed by atoms with Crippen LogP contribution in [0.2, 0.25) is 0 Å². The SMILES string of the molecule is CCN(C=Nc1ccc2c3c(cccc13)C(=O)c1ccccc1-2)CC. The standard InChI is InChI=1S/C22H20N2O/c1-3-24(4-2)14-23-20-13-12-16-15-8-5-6-9-17(15)22(25)19-11-7-10-18(20)21(16)19/h5-14H,3-4H2,1-2H3. The second-order valence-electron chi connectivity index (χ2n) is 6.20. The first-order chi connectivity index (χ1) is 12.2. The minimum Gasteiger partial charge on any atom is -0.363 e. The first-order valence-corrected chi connectivity index (χ1v) is 8.72. The Morgan fingerprint density at radius 1 is 0.840 bits per heavy atom. The highest BCUT2D eigenvalue weighted by Crippen LogP contribution is 2.42. The molecule has 0 bridgehead atoms. The molecule has 0 aliphatic heterocycles. The zero-order chi connectivity index (χ0) is 17.4. The van der Waals surface area contributed by atoms with Crippen molar-refractivity contribution in [1.82, 2.24) is 4.90 Å². The summed E-state index contributed by atoms with van der Waals surface area (Å²) in [6, 6.07) is 17.9. The zero-order valence-corrected chi connectivity index (χ0v) is 14.5. The van der Waals surface area contributed by atoms with Crippen LogP contribution in [-0.4, -0.2) is 30.1 Å². The van der Waals surface area contributed by atoms with Gasteiger partial charge in [-0.25, -0.2) is 4.99 Å². The van der Waals surface area contributed by atoms with Crippen molar-refractivity contribution in [3.05, 3.63) is 65.7 Å². The van der Waals surface area contributed by atoms with Gasteiger partial charge in [0.1, 0.15) is 0 Å². The van der Waals surface area contributed by atoms with E-state index in [4.69, 9.17) is 0 Å². The van der Waals surface area contributed by atoms with Crippen molar-refractivity contribution in [3.63, 3.8) is 0 Å². The Kier molecular flexibility index (Phi) is 3.85. The normalized spacial score (nSPS) is 12.6. The van der Waals surface area contributed by atoms with Crippen molar-refractivity contribution >= 4 is 28.6 Å². The lowest BCUT2D eigenvalue weighted by atomic mass is 9.82. The van der Waals surface area contributed by atoms with Crippen molar-refractivity contribution in [2.45, 2.75) is 13.8 Å². The van der Waals surface area contributed by atoms with Gasteiger partial charge in [-0.1, -0.05) is 48.5 Å². The number of hydrogen-bond donors (Lipinski definition) is 0. The maximum atomic E-state index is 12.9. The smallest absolute Gasteiger partial charge is 0.194 e. The van der Waals surface area contributed by atoms with Crippen molar-refractivity contribution in [2.75, 3.05) is 13.1 Å². The summed E-state index contributed by atoms with van der Waals surface area (Å²) in [6.45, 7) is 6.08. The number of aliphatic imine (C=N–C) groups is 1. The predicted octanol–water partition coefficient (Wildman–Crippen LogP) is 5.05. The van der Waals surface area contributed by atoms with Gasteiger partial charge in [0.25, 0.3) is 0 Å². The molecule has 3 heteroatoms. The van der Waals surface area contributed by atoms with E-state index < -0.39 is 0 Å². The molecule has 1 aliphatic rings. The zero-order valence-electron chi connectivity index (χ0n) is 14.5. The fourth-order valence-corrected chi connectivity index (χ4v) is 3.51. The minimum atomic E-state index is 0.0959. The Labute approximate surface area is 147 Å². The topological polar surface area (TPSA) is 32.7 Å². The number of nitrogens with zero attached hydrogens (tertiary/aromatic N) is 2. The third-order valence-electron chi connectivity index (χ3n) is 4.90. The van der Waals surface area contributed by atoms with Crippen molar-refractivity contribution in [3.8, 4) is 11.1 Å². The molecule has 1 aliphatic carbocycles. The molecule has 3 nitrogen and oxygen atoms in total. The lowest BCUT2D eigenvalue weighted by Crippen LogP contribution is -2.20. The summed E-state index contributed by atoms with van der Waals surface area (Å²) in [5.41, 5.74) is 4.57. The van der Waals surface area contributed by atoms with Gasteiger partial charge in [-0.3, -0.25) is 4.79 Å². The van der Waals surface area contributed by atoms with E-state index in [1.165, 1.54) is 0 Å². The molecule has 0 atom stereocenters. The third kappa shape index (κ3) is 2.43. The Hall–Kier alpha value is -2.94. The summed E-state index contributed by atoms with van der Waals surface area (Å²) in [4.78, 5) is 19.8. The molecule has 0 spiro atoms. The van der Waals surface area contributed by atoms with Crippen LogP contribution < -0.4 is 0 Å². The highest BCUT2D eigenvalue weighted by molar-refractivity contribution is 6.26. The highest BCUT2D eigenvalue weighted by Gasteiger charge is 2.25. The van der Waals surface area contributed by atoms with Gasteiger partial charge in [-0.2, -0.15) is 0 Å². The van der Waals surface area contributed by atoms with Crippen LogP contribution in [-0.2, 0) is 0 Å². The number of ketones is 1. The lowest BCUT2D eigenvalue weighted by Gasteiger charge is -2.20. The quantitative estimate of drug-likeness (QED) is 0.388. The summed E-state index contributed by atoms with van der Waals surface area (Å²) >= 11 is 0. The van der Waals surface area contributed by atoms with Crippen LogP contribution in [0.5, 0.6) is 0 Å². The van der Waals surface area contributed by atoms with Gasteiger partial charge in [0.2, 0.25) is 0 Å². The Morgan fingerprint density at radius 3 is 2.32 bits per heavy atom. The van der Waals surface area contributed by atoms with Gasteiger partial charge < -0.3 is 4.90 Å². The molecule has 0 saturated carbocycles. The van der Waals surface area contributed by atoms with Gasteiger partial charge in [0.05, 0.1) is 12.0 Å². The van der Waals surface area contributed by atoms with Crippen molar-refractivity contribution < 1.29 is 4.79 Å². The molecule has 0 radical (unpaired) electrons. The molecule has 3 aromatic carbocycles. The van der Waals surface area contributed by atoms with Gasteiger partial charge >= 0.3 is 0 Å². The van der Waals surface area contributed by atoms with E-state index in [1.807, 2.05) is 48.8 Å². The second-order valence-corrected chi connectivity index (χ2v) is 6.20. The Balaban J connectivity index is 1.96. The van der Waals surface area contributed by atoms with Gasteiger partial charge in [0, 0.05) is 35.0 Å². The van der Waals surface area contributed by atoms with Crippen LogP contribution in [0, 0.1) is 0 Å². The van der Waals surface area contributed by atoms with E-state index in [0.717, 1.165) is 51.8 Å². The summed E-state index contributed by atoms with van der Waals surface area (Å²) in [5.74, 6) is 0.0959. The minimum absolute atomic E-state index is 0.0959. The molecule has 0 heterocycles. The van der Waals surface area contributed by atoms with E-state index in [1.54, 1.807) is 0 Å². The first kappa shape index (κ1) is 15.6. The largest absolute Gasteiger partial charge is 0.363 e. The second kappa shape index (κ2) is 6.17. The number of rotatable bonds is 4. The fraction of sp³-hybridized carbons (Fsp3) is 0.182. The van der Waals surface area contributed by atoms with Crippen molar-refractivity contribution in [1.29, 1.82) is 0 Å². The van der Waals surface area contributed by atoms with E-state index in [0.29, 0.717) is 0 Å². The summed E-state index contributed by atoms with van der Waals surface area (Å²) < 4.78 is 0. The lowest BCUT2D eigenvalue weighted by molar-refractivity contribution is 0.104. The highest BCUT2D eigenvalue weighted by atomic mass is 16.1. The molecule has 0 fully saturated rings. The molecule has 3 aromatic rings. The molecular weight excluding hydrogens is 308 g/mol. The van der Waals surface area contributed by atoms with Gasteiger partial charge in [0.15, 0.2) is 5.78 Å². The maximum absolute atomic E-state index is 12.9. The van der Waals surface area contributed by atoms with Crippen LogP contribution in [0.4, 0.5) is 5.69 Å². The van der Waals surface area contributed by atoms with Gasteiger partial charge in [-0.15, -0.1) is 0 Å². The summed E-state index contributed by atoms with van der Waals surface area (Å²) in [7, 11) is 0. The molecule has 0 unspecified atom stereocenters.